The number of hydrogen-bond donors (Lipinski definition) is 0. The molecule has 5 heteroatoms. The Hall–Kier alpha value is -1.36. The van der Waals surface area contributed by atoms with E-state index in [1.807, 2.05) is 13.8 Å². The number of aryl methyl sites for hydroxylation is 1. The van der Waals surface area contributed by atoms with Crippen molar-refractivity contribution < 1.29 is 8.42 Å². The maximum atomic E-state index is 12.2. The highest BCUT2D eigenvalue weighted by Gasteiger charge is 2.19. The highest BCUT2D eigenvalue weighted by Crippen LogP contribution is 2.22. The zero-order chi connectivity index (χ0) is 15.3. The lowest BCUT2D eigenvalue weighted by atomic mass is 9.94. The summed E-state index contributed by atoms with van der Waals surface area (Å²) in [5.74, 6) is 0. The smallest absolute Gasteiger partial charge is 0.283 e. The van der Waals surface area contributed by atoms with Gasteiger partial charge in [0, 0.05) is 12.6 Å². The maximum absolute atomic E-state index is 12.2. The van der Waals surface area contributed by atoms with Crippen molar-refractivity contribution in [3.63, 3.8) is 0 Å². The van der Waals surface area contributed by atoms with E-state index in [2.05, 4.69) is 9.30 Å². The number of sulfonamides is 1. The van der Waals surface area contributed by atoms with Crippen LogP contribution in [0.15, 0.2) is 33.6 Å². The van der Waals surface area contributed by atoms with Crippen LogP contribution in [0, 0.1) is 6.92 Å². The molecule has 1 aliphatic carbocycles. The Bertz CT molecular complexity index is 573. The van der Waals surface area contributed by atoms with Gasteiger partial charge in [0.15, 0.2) is 0 Å². The molecule has 1 fully saturated rings. The van der Waals surface area contributed by atoms with Crippen LogP contribution in [-0.2, 0) is 10.0 Å². The van der Waals surface area contributed by atoms with E-state index in [9.17, 15) is 8.42 Å². The second-order valence-electron chi connectivity index (χ2n) is 5.63. The van der Waals surface area contributed by atoms with Crippen molar-refractivity contribution in [2.75, 3.05) is 6.54 Å². The molecule has 0 N–H and O–H groups in total. The molecule has 21 heavy (non-hydrogen) atoms. The molecule has 0 unspecified atom stereocenters. The fraction of sp³-hybridized carbons (Fsp3) is 0.562. The van der Waals surface area contributed by atoms with Crippen LogP contribution in [0.4, 0.5) is 0 Å². The minimum atomic E-state index is -3.59. The Morgan fingerprint density at radius 1 is 1.19 bits per heavy atom. The molecule has 0 aromatic heterocycles. The lowest BCUT2D eigenvalue weighted by molar-refractivity contribution is 0.258. The van der Waals surface area contributed by atoms with E-state index >= 15 is 0 Å². The fourth-order valence-electron chi connectivity index (χ4n) is 2.74. The monoisotopic (exact) mass is 308 g/mol. The van der Waals surface area contributed by atoms with E-state index in [0.29, 0.717) is 6.04 Å². The first kappa shape index (κ1) is 16.0. The second-order valence-corrected chi connectivity index (χ2v) is 7.26. The van der Waals surface area contributed by atoms with Crippen LogP contribution < -0.4 is 0 Å². The van der Waals surface area contributed by atoms with E-state index in [1.165, 1.54) is 25.6 Å². The van der Waals surface area contributed by atoms with Crippen LogP contribution in [0.5, 0.6) is 0 Å². The molecule has 0 spiro atoms. The van der Waals surface area contributed by atoms with Crippen LogP contribution in [-0.4, -0.2) is 32.2 Å². The SMILES string of the molecule is CCN(/C=N/S(=O)(=O)c1ccc(C)cc1)C1CCCCC1. The first-order chi connectivity index (χ1) is 10.0. The predicted octanol–water partition coefficient (Wildman–Crippen LogP) is 3.37. The van der Waals surface area contributed by atoms with Crippen LogP contribution in [0.2, 0.25) is 0 Å². The van der Waals surface area contributed by atoms with Gasteiger partial charge in [0.2, 0.25) is 0 Å². The standard InChI is InChI=1S/C16H24N2O2S/c1-3-18(15-7-5-4-6-8-15)13-17-21(19,20)16-11-9-14(2)10-12-16/h9-13,15H,3-8H2,1-2H3/b17-13+. The summed E-state index contributed by atoms with van der Waals surface area (Å²) in [4.78, 5) is 2.31. The summed E-state index contributed by atoms with van der Waals surface area (Å²) in [6, 6.07) is 7.24. The number of benzene rings is 1. The van der Waals surface area contributed by atoms with Crippen molar-refractivity contribution in [3.8, 4) is 0 Å². The first-order valence-electron chi connectivity index (χ1n) is 7.66. The summed E-state index contributed by atoms with van der Waals surface area (Å²) in [6.07, 6.45) is 7.51. The Kier molecular flexibility index (Phi) is 5.39. The minimum absolute atomic E-state index is 0.254. The molecular weight excluding hydrogens is 284 g/mol. The van der Waals surface area contributed by atoms with Crippen LogP contribution in [0.3, 0.4) is 0 Å². The number of hydrogen-bond acceptors (Lipinski definition) is 2. The van der Waals surface area contributed by atoms with Gasteiger partial charge in [-0.3, -0.25) is 0 Å². The normalized spacial score (nSPS) is 17.2. The molecular formula is C16H24N2O2S. The van der Waals surface area contributed by atoms with Gasteiger partial charge < -0.3 is 4.90 Å². The highest BCUT2D eigenvalue weighted by molar-refractivity contribution is 7.90. The van der Waals surface area contributed by atoms with Gasteiger partial charge in [-0.05, 0) is 38.8 Å². The first-order valence-corrected chi connectivity index (χ1v) is 9.10. The molecule has 4 nitrogen and oxygen atoms in total. The Labute approximate surface area is 127 Å². The summed E-state index contributed by atoms with van der Waals surface area (Å²) in [5.41, 5.74) is 1.04. The van der Waals surface area contributed by atoms with Gasteiger partial charge in [0.05, 0.1) is 4.90 Å². The fourth-order valence-corrected chi connectivity index (χ4v) is 3.59. The Morgan fingerprint density at radius 3 is 2.38 bits per heavy atom. The van der Waals surface area contributed by atoms with Crippen molar-refractivity contribution >= 4 is 16.4 Å². The quantitative estimate of drug-likeness (QED) is 0.619. The van der Waals surface area contributed by atoms with Gasteiger partial charge >= 0.3 is 0 Å². The third kappa shape index (κ3) is 4.30. The van der Waals surface area contributed by atoms with Gasteiger partial charge in [0.25, 0.3) is 10.0 Å². The van der Waals surface area contributed by atoms with E-state index in [-0.39, 0.29) is 4.90 Å². The Balaban J connectivity index is 2.11. The summed E-state index contributed by atoms with van der Waals surface area (Å²) in [5, 5.41) is 0. The second kappa shape index (κ2) is 7.07. The summed E-state index contributed by atoms with van der Waals surface area (Å²) < 4.78 is 28.3. The zero-order valence-corrected chi connectivity index (χ0v) is 13.6. The zero-order valence-electron chi connectivity index (χ0n) is 12.8. The van der Waals surface area contributed by atoms with Crippen LogP contribution >= 0.6 is 0 Å². The minimum Gasteiger partial charge on any atom is -0.359 e. The summed E-state index contributed by atoms with van der Waals surface area (Å²) >= 11 is 0. The topological polar surface area (TPSA) is 49.7 Å². The molecule has 0 aliphatic heterocycles. The average Bonchev–Trinajstić information content (AvgIpc) is 2.49. The van der Waals surface area contributed by atoms with Crippen LogP contribution in [0.25, 0.3) is 0 Å². The van der Waals surface area contributed by atoms with Crippen molar-refractivity contribution in [2.24, 2.45) is 4.40 Å². The highest BCUT2D eigenvalue weighted by atomic mass is 32.2. The van der Waals surface area contributed by atoms with E-state index < -0.39 is 10.0 Å². The molecule has 0 radical (unpaired) electrons. The van der Waals surface area contributed by atoms with Crippen molar-refractivity contribution in [1.29, 1.82) is 0 Å². The van der Waals surface area contributed by atoms with E-state index in [0.717, 1.165) is 24.9 Å². The molecule has 1 aliphatic rings. The van der Waals surface area contributed by atoms with Gasteiger partial charge in [-0.15, -0.1) is 4.40 Å². The summed E-state index contributed by atoms with van der Waals surface area (Å²) in [6.45, 7) is 4.76. The van der Waals surface area contributed by atoms with Crippen molar-refractivity contribution in [3.05, 3.63) is 29.8 Å². The summed E-state index contributed by atoms with van der Waals surface area (Å²) in [7, 11) is -3.59. The molecule has 0 amide bonds. The predicted molar refractivity (Wildman–Crippen MR) is 86.1 cm³/mol. The third-order valence-corrected chi connectivity index (χ3v) is 5.30. The number of nitrogens with zero attached hydrogens (tertiary/aromatic N) is 2. The lowest BCUT2D eigenvalue weighted by Gasteiger charge is -2.31. The molecule has 1 aromatic rings. The molecule has 116 valence electrons. The van der Waals surface area contributed by atoms with Crippen LogP contribution in [0.1, 0.15) is 44.6 Å². The van der Waals surface area contributed by atoms with Crippen molar-refractivity contribution in [2.45, 2.75) is 56.9 Å². The Morgan fingerprint density at radius 2 is 1.81 bits per heavy atom. The third-order valence-electron chi connectivity index (χ3n) is 4.06. The van der Waals surface area contributed by atoms with Crippen molar-refractivity contribution in [1.82, 2.24) is 4.90 Å². The molecule has 0 heterocycles. The lowest BCUT2D eigenvalue weighted by Crippen LogP contribution is -2.35. The van der Waals surface area contributed by atoms with Gasteiger partial charge in [-0.25, -0.2) is 0 Å². The molecule has 1 saturated carbocycles. The molecule has 2 rings (SSSR count). The maximum Gasteiger partial charge on any atom is 0.283 e. The van der Waals surface area contributed by atoms with Gasteiger partial charge in [-0.2, -0.15) is 8.42 Å². The molecule has 0 saturated heterocycles. The largest absolute Gasteiger partial charge is 0.359 e. The number of rotatable bonds is 5. The van der Waals surface area contributed by atoms with E-state index in [1.54, 1.807) is 24.3 Å². The van der Waals surface area contributed by atoms with Gasteiger partial charge in [-0.1, -0.05) is 37.0 Å². The molecule has 0 atom stereocenters. The molecule has 1 aromatic carbocycles. The average molecular weight is 308 g/mol. The molecule has 0 bridgehead atoms. The van der Waals surface area contributed by atoms with Gasteiger partial charge in [0.1, 0.15) is 6.34 Å². The van der Waals surface area contributed by atoms with E-state index in [4.69, 9.17) is 0 Å².